The van der Waals surface area contributed by atoms with Crippen LogP contribution in [-0.4, -0.2) is 55.1 Å². The lowest BCUT2D eigenvalue weighted by atomic mass is 9.88. The largest absolute Gasteiger partial charge is 0.375 e. The van der Waals surface area contributed by atoms with Crippen molar-refractivity contribution in [3.63, 3.8) is 0 Å². The molecule has 1 spiro atoms. The Morgan fingerprint density at radius 1 is 1.17 bits per heavy atom. The minimum absolute atomic E-state index is 0.0637. The monoisotopic (exact) mass is 316 g/mol. The summed E-state index contributed by atoms with van der Waals surface area (Å²) in [6.45, 7) is 4.59. The van der Waals surface area contributed by atoms with E-state index in [4.69, 9.17) is 4.74 Å². The standard InChI is InChI=1S/C19H28N2O2/c1-15-5-7-16(8-6-15)17(20(2)3)18(22)21-12-10-19(11-13-21)9-4-14-23-19/h5-8,17H,4,9-14H2,1-3H3. The molecule has 2 heterocycles. The van der Waals surface area contributed by atoms with Gasteiger partial charge in [0.25, 0.3) is 0 Å². The Hall–Kier alpha value is -1.39. The molecular formula is C19H28N2O2. The van der Waals surface area contributed by atoms with Crippen LogP contribution in [0.15, 0.2) is 24.3 Å². The predicted octanol–water partition coefficient (Wildman–Crippen LogP) is 2.77. The second-order valence-corrected chi connectivity index (χ2v) is 7.24. The van der Waals surface area contributed by atoms with Gasteiger partial charge in [-0.05, 0) is 52.3 Å². The van der Waals surface area contributed by atoms with E-state index in [9.17, 15) is 4.79 Å². The molecule has 2 aliphatic rings. The van der Waals surface area contributed by atoms with Crippen LogP contribution in [0.5, 0.6) is 0 Å². The van der Waals surface area contributed by atoms with Gasteiger partial charge in [-0.1, -0.05) is 29.8 Å². The van der Waals surface area contributed by atoms with Gasteiger partial charge in [0.15, 0.2) is 0 Å². The van der Waals surface area contributed by atoms with Gasteiger partial charge in [0.1, 0.15) is 6.04 Å². The lowest BCUT2D eigenvalue weighted by Gasteiger charge is -2.40. The molecule has 1 unspecified atom stereocenters. The van der Waals surface area contributed by atoms with Crippen molar-refractivity contribution >= 4 is 5.91 Å². The highest BCUT2D eigenvalue weighted by Gasteiger charge is 2.40. The fourth-order valence-corrected chi connectivity index (χ4v) is 3.87. The molecule has 126 valence electrons. The van der Waals surface area contributed by atoms with Gasteiger partial charge in [0, 0.05) is 19.7 Å². The van der Waals surface area contributed by atoms with E-state index < -0.39 is 0 Å². The van der Waals surface area contributed by atoms with E-state index in [1.807, 2.05) is 23.9 Å². The molecule has 0 saturated carbocycles. The van der Waals surface area contributed by atoms with Gasteiger partial charge in [0.05, 0.1) is 5.60 Å². The first-order chi connectivity index (χ1) is 11.0. The number of carbonyl (C=O) groups is 1. The highest BCUT2D eigenvalue weighted by atomic mass is 16.5. The molecule has 2 saturated heterocycles. The number of hydrogen-bond donors (Lipinski definition) is 0. The van der Waals surface area contributed by atoms with Crippen LogP contribution in [0.2, 0.25) is 0 Å². The Morgan fingerprint density at radius 3 is 2.35 bits per heavy atom. The summed E-state index contributed by atoms with van der Waals surface area (Å²) in [5.74, 6) is 0.215. The Kier molecular flexibility index (Phi) is 4.74. The van der Waals surface area contributed by atoms with E-state index in [1.165, 1.54) is 5.56 Å². The van der Waals surface area contributed by atoms with Crippen molar-refractivity contribution in [3.8, 4) is 0 Å². The maximum Gasteiger partial charge on any atom is 0.244 e. The zero-order chi connectivity index (χ0) is 16.4. The van der Waals surface area contributed by atoms with Crippen LogP contribution in [0.3, 0.4) is 0 Å². The second-order valence-electron chi connectivity index (χ2n) is 7.24. The molecule has 1 aromatic rings. The van der Waals surface area contributed by atoms with E-state index in [0.717, 1.165) is 50.9 Å². The lowest BCUT2D eigenvalue weighted by molar-refractivity contribution is -0.141. The van der Waals surface area contributed by atoms with Gasteiger partial charge in [-0.2, -0.15) is 0 Å². The quantitative estimate of drug-likeness (QED) is 0.859. The van der Waals surface area contributed by atoms with E-state index >= 15 is 0 Å². The van der Waals surface area contributed by atoms with Gasteiger partial charge >= 0.3 is 0 Å². The number of rotatable bonds is 3. The third-order valence-electron chi connectivity index (χ3n) is 5.31. The lowest BCUT2D eigenvalue weighted by Crippen LogP contribution is -2.49. The van der Waals surface area contributed by atoms with Crippen molar-refractivity contribution in [2.45, 2.75) is 44.2 Å². The number of ether oxygens (including phenoxy) is 1. The summed E-state index contributed by atoms with van der Waals surface area (Å²) in [6, 6.07) is 8.11. The number of likely N-dealkylation sites (N-methyl/N-ethyl adjacent to an activating group) is 1. The minimum Gasteiger partial charge on any atom is -0.375 e. The molecule has 2 aliphatic heterocycles. The summed E-state index contributed by atoms with van der Waals surface area (Å²) >= 11 is 0. The van der Waals surface area contributed by atoms with E-state index in [-0.39, 0.29) is 17.6 Å². The SMILES string of the molecule is Cc1ccc(C(C(=O)N2CCC3(CCCO3)CC2)N(C)C)cc1. The summed E-state index contributed by atoms with van der Waals surface area (Å²) in [4.78, 5) is 17.1. The Balaban J connectivity index is 1.71. The first-order valence-electron chi connectivity index (χ1n) is 8.66. The van der Waals surface area contributed by atoms with Crippen LogP contribution in [0.1, 0.15) is 42.9 Å². The Morgan fingerprint density at radius 2 is 1.83 bits per heavy atom. The van der Waals surface area contributed by atoms with E-state index in [2.05, 4.69) is 31.2 Å². The highest BCUT2D eigenvalue weighted by Crippen LogP contribution is 2.36. The third-order valence-corrected chi connectivity index (χ3v) is 5.31. The normalized spacial score (nSPS) is 21.8. The molecule has 4 heteroatoms. The summed E-state index contributed by atoms with van der Waals surface area (Å²) in [6.07, 6.45) is 4.28. The van der Waals surface area contributed by atoms with Crippen molar-refractivity contribution in [1.29, 1.82) is 0 Å². The zero-order valence-electron chi connectivity index (χ0n) is 14.5. The third kappa shape index (κ3) is 3.43. The average Bonchev–Trinajstić information content (AvgIpc) is 2.98. The fraction of sp³-hybridized carbons (Fsp3) is 0.632. The number of nitrogens with zero attached hydrogens (tertiary/aromatic N) is 2. The molecule has 23 heavy (non-hydrogen) atoms. The molecule has 3 rings (SSSR count). The molecule has 0 bridgehead atoms. The maximum atomic E-state index is 13.1. The zero-order valence-corrected chi connectivity index (χ0v) is 14.5. The molecule has 0 radical (unpaired) electrons. The van der Waals surface area contributed by atoms with Crippen molar-refractivity contribution in [2.75, 3.05) is 33.8 Å². The van der Waals surface area contributed by atoms with Crippen LogP contribution < -0.4 is 0 Å². The van der Waals surface area contributed by atoms with Crippen molar-refractivity contribution in [2.24, 2.45) is 0 Å². The number of hydrogen-bond acceptors (Lipinski definition) is 3. The van der Waals surface area contributed by atoms with Gasteiger partial charge in [-0.3, -0.25) is 9.69 Å². The average molecular weight is 316 g/mol. The van der Waals surface area contributed by atoms with Gasteiger partial charge < -0.3 is 9.64 Å². The first kappa shape index (κ1) is 16.5. The highest BCUT2D eigenvalue weighted by molar-refractivity contribution is 5.83. The summed E-state index contributed by atoms with van der Waals surface area (Å²) in [7, 11) is 3.96. The summed E-state index contributed by atoms with van der Waals surface area (Å²) in [5.41, 5.74) is 2.36. The van der Waals surface area contributed by atoms with Gasteiger partial charge in [0.2, 0.25) is 5.91 Å². The van der Waals surface area contributed by atoms with Crippen LogP contribution in [0.4, 0.5) is 0 Å². The summed E-state index contributed by atoms with van der Waals surface area (Å²) in [5, 5.41) is 0. The predicted molar refractivity (Wildman–Crippen MR) is 91.3 cm³/mol. The Labute approximate surface area is 139 Å². The molecule has 2 fully saturated rings. The number of benzene rings is 1. The van der Waals surface area contributed by atoms with Gasteiger partial charge in [-0.15, -0.1) is 0 Å². The maximum absolute atomic E-state index is 13.1. The van der Waals surface area contributed by atoms with E-state index in [1.54, 1.807) is 0 Å². The number of likely N-dealkylation sites (tertiary alicyclic amines) is 1. The fourth-order valence-electron chi connectivity index (χ4n) is 3.87. The number of piperidine rings is 1. The molecule has 0 N–H and O–H groups in total. The van der Waals surface area contributed by atoms with Crippen molar-refractivity contribution < 1.29 is 9.53 Å². The molecular weight excluding hydrogens is 288 g/mol. The minimum atomic E-state index is -0.200. The molecule has 0 aromatic heterocycles. The van der Waals surface area contributed by atoms with E-state index in [0.29, 0.717) is 0 Å². The van der Waals surface area contributed by atoms with Gasteiger partial charge in [-0.25, -0.2) is 0 Å². The topological polar surface area (TPSA) is 32.8 Å². The molecule has 1 aromatic carbocycles. The van der Waals surface area contributed by atoms with Crippen LogP contribution in [-0.2, 0) is 9.53 Å². The number of aryl methyl sites for hydroxylation is 1. The van der Waals surface area contributed by atoms with Crippen LogP contribution in [0, 0.1) is 6.92 Å². The Bertz CT molecular complexity index is 537. The second kappa shape index (κ2) is 6.62. The first-order valence-corrected chi connectivity index (χ1v) is 8.66. The van der Waals surface area contributed by atoms with Crippen molar-refractivity contribution in [3.05, 3.63) is 35.4 Å². The molecule has 1 atom stereocenters. The van der Waals surface area contributed by atoms with Crippen LogP contribution >= 0.6 is 0 Å². The summed E-state index contributed by atoms with van der Waals surface area (Å²) < 4.78 is 5.97. The number of amides is 1. The van der Waals surface area contributed by atoms with Crippen molar-refractivity contribution in [1.82, 2.24) is 9.80 Å². The smallest absolute Gasteiger partial charge is 0.244 e. The molecule has 1 amide bonds. The number of carbonyl (C=O) groups excluding carboxylic acids is 1. The molecule has 4 nitrogen and oxygen atoms in total. The molecule has 0 aliphatic carbocycles. The van der Waals surface area contributed by atoms with Crippen LogP contribution in [0.25, 0.3) is 0 Å².